The summed E-state index contributed by atoms with van der Waals surface area (Å²) in [5, 5.41) is 3.30. The van der Waals surface area contributed by atoms with E-state index in [1.807, 2.05) is 6.07 Å². The minimum Gasteiger partial charge on any atom is -0.370 e. The van der Waals surface area contributed by atoms with Crippen LogP contribution in [0.25, 0.3) is 0 Å². The monoisotopic (exact) mass is 278 g/mol. The molecule has 0 bridgehead atoms. The van der Waals surface area contributed by atoms with Gasteiger partial charge in [-0.25, -0.2) is 9.97 Å². The van der Waals surface area contributed by atoms with Gasteiger partial charge in [0, 0.05) is 31.6 Å². The topological polar surface area (TPSA) is 41.0 Å². The zero-order valence-corrected chi connectivity index (χ0v) is 14.3. The van der Waals surface area contributed by atoms with Crippen molar-refractivity contribution in [1.82, 2.24) is 9.97 Å². The highest BCUT2D eigenvalue weighted by atomic mass is 15.2. The summed E-state index contributed by atoms with van der Waals surface area (Å²) in [5.41, 5.74) is 0.204. The Hall–Kier alpha value is -1.32. The molecule has 1 atom stereocenters. The van der Waals surface area contributed by atoms with Crippen molar-refractivity contribution in [2.75, 3.05) is 23.8 Å². The third-order valence-electron chi connectivity index (χ3n) is 3.80. The fraction of sp³-hybridized carbons (Fsp3) is 0.750. The van der Waals surface area contributed by atoms with Gasteiger partial charge in [-0.2, -0.15) is 0 Å². The SMILES string of the molecule is CCNc1cc(N(C)C(C)C(C)(C)C)nc(C(C)C)n1. The highest BCUT2D eigenvalue weighted by Gasteiger charge is 2.25. The lowest BCUT2D eigenvalue weighted by Gasteiger charge is -2.36. The molecule has 4 nitrogen and oxygen atoms in total. The second kappa shape index (κ2) is 6.42. The van der Waals surface area contributed by atoms with Gasteiger partial charge in [0.05, 0.1) is 0 Å². The van der Waals surface area contributed by atoms with E-state index in [2.05, 4.69) is 70.7 Å². The third-order valence-corrected chi connectivity index (χ3v) is 3.80. The number of nitrogens with one attached hydrogen (secondary N) is 1. The summed E-state index contributed by atoms with van der Waals surface area (Å²) >= 11 is 0. The Balaban J connectivity index is 3.15. The van der Waals surface area contributed by atoms with Gasteiger partial charge < -0.3 is 10.2 Å². The molecule has 0 amide bonds. The molecule has 0 aliphatic heterocycles. The van der Waals surface area contributed by atoms with E-state index in [1.54, 1.807) is 0 Å². The van der Waals surface area contributed by atoms with E-state index in [9.17, 15) is 0 Å². The summed E-state index contributed by atoms with van der Waals surface area (Å²) in [6, 6.07) is 2.43. The molecule has 1 aromatic heterocycles. The molecule has 1 heterocycles. The van der Waals surface area contributed by atoms with Gasteiger partial charge in [-0.3, -0.25) is 0 Å². The number of nitrogens with zero attached hydrogens (tertiary/aromatic N) is 3. The van der Waals surface area contributed by atoms with Crippen LogP contribution in [-0.4, -0.2) is 29.6 Å². The van der Waals surface area contributed by atoms with Gasteiger partial charge in [-0.15, -0.1) is 0 Å². The first-order chi connectivity index (χ1) is 9.16. The maximum Gasteiger partial charge on any atom is 0.135 e. The van der Waals surface area contributed by atoms with Crippen LogP contribution in [-0.2, 0) is 0 Å². The van der Waals surface area contributed by atoms with Crippen LogP contribution in [0, 0.1) is 5.41 Å². The molecule has 1 unspecified atom stereocenters. The Morgan fingerprint density at radius 1 is 1.20 bits per heavy atom. The van der Waals surface area contributed by atoms with Crippen molar-refractivity contribution < 1.29 is 0 Å². The first-order valence-electron chi connectivity index (χ1n) is 7.52. The molecule has 0 aliphatic rings. The molecule has 0 aliphatic carbocycles. The van der Waals surface area contributed by atoms with Crippen molar-refractivity contribution in [2.45, 2.75) is 60.4 Å². The molecule has 0 saturated carbocycles. The molecule has 114 valence electrons. The molecule has 0 saturated heterocycles. The molecule has 1 rings (SSSR count). The van der Waals surface area contributed by atoms with E-state index >= 15 is 0 Å². The lowest BCUT2D eigenvalue weighted by atomic mass is 9.87. The van der Waals surface area contributed by atoms with Gasteiger partial charge in [0.1, 0.15) is 17.5 Å². The molecule has 0 aromatic carbocycles. The van der Waals surface area contributed by atoms with Gasteiger partial charge in [0.15, 0.2) is 0 Å². The molecule has 0 radical (unpaired) electrons. The molecule has 1 aromatic rings. The zero-order chi connectivity index (χ0) is 15.5. The predicted molar refractivity (Wildman–Crippen MR) is 87.6 cm³/mol. The Labute approximate surface area is 124 Å². The van der Waals surface area contributed by atoms with Crippen molar-refractivity contribution in [2.24, 2.45) is 5.41 Å². The Bertz CT molecular complexity index is 435. The van der Waals surface area contributed by atoms with Gasteiger partial charge in [0.25, 0.3) is 0 Å². The summed E-state index contributed by atoms with van der Waals surface area (Å²) in [6.45, 7) is 16.2. The molecule has 4 heteroatoms. The van der Waals surface area contributed by atoms with Gasteiger partial charge in [-0.1, -0.05) is 34.6 Å². The van der Waals surface area contributed by atoms with E-state index in [0.717, 1.165) is 24.0 Å². The first kappa shape index (κ1) is 16.7. The predicted octanol–water partition coefficient (Wildman–Crippen LogP) is 3.90. The average molecular weight is 278 g/mol. The normalized spacial score (nSPS) is 13.4. The second-order valence-electron chi connectivity index (χ2n) is 6.81. The molecular weight excluding hydrogens is 248 g/mol. The van der Waals surface area contributed by atoms with Gasteiger partial charge in [0.2, 0.25) is 0 Å². The second-order valence-corrected chi connectivity index (χ2v) is 6.81. The highest BCUT2D eigenvalue weighted by molar-refractivity contribution is 5.50. The van der Waals surface area contributed by atoms with Gasteiger partial charge >= 0.3 is 0 Å². The maximum absolute atomic E-state index is 4.72. The molecule has 0 spiro atoms. The van der Waals surface area contributed by atoms with Crippen LogP contribution < -0.4 is 10.2 Å². The maximum atomic E-state index is 4.72. The van der Waals surface area contributed by atoms with Crippen LogP contribution in [0.15, 0.2) is 6.07 Å². The standard InChI is InChI=1S/C16H30N4/c1-9-17-13-10-14(19-15(18-13)11(2)3)20(8)12(4)16(5,6)7/h10-12H,9H2,1-8H3,(H,17,18,19). The number of hydrogen-bond donors (Lipinski definition) is 1. The van der Waals surface area contributed by atoms with Crippen molar-refractivity contribution in [3.05, 3.63) is 11.9 Å². The summed E-state index contributed by atoms with van der Waals surface area (Å²) in [4.78, 5) is 11.5. The molecule has 0 fully saturated rings. The number of anilines is 2. The summed E-state index contributed by atoms with van der Waals surface area (Å²) in [6.07, 6.45) is 0. The third kappa shape index (κ3) is 4.09. The van der Waals surface area contributed by atoms with Crippen LogP contribution in [0.3, 0.4) is 0 Å². The van der Waals surface area contributed by atoms with Crippen LogP contribution in [0.5, 0.6) is 0 Å². The van der Waals surface area contributed by atoms with Crippen LogP contribution >= 0.6 is 0 Å². The quantitative estimate of drug-likeness (QED) is 0.887. The van der Waals surface area contributed by atoms with E-state index < -0.39 is 0 Å². The Morgan fingerprint density at radius 2 is 1.80 bits per heavy atom. The number of aromatic nitrogens is 2. The van der Waals surface area contributed by atoms with E-state index in [1.165, 1.54) is 0 Å². The minimum absolute atomic E-state index is 0.204. The summed E-state index contributed by atoms with van der Waals surface area (Å²) < 4.78 is 0. The van der Waals surface area contributed by atoms with Crippen LogP contribution in [0.2, 0.25) is 0 Å². The van der Waals surface area contributed by atoms with Crippen molar-refractivity contribution in [1.29, 1.82) is 0 Å². The number of hydrogen-bond acceptors (Lipinski definition) is 4. The fourth-order valence-electron chi connectivity index (χ4n) is 1.94. The van der Waals surface area contributed by atoms with Gasteiger partial charge in [-0.05, 0) is 19.3 Å². The fourth-order valence-corrected chi connectivity index (χ4v) is 1.94. The number of rotatable bonds is 5. The molecular formula is C16H30N4. The van der Waals surface area contributed by atoms with E-state index in [-0.39, 0.29) is 5.41 Å². The minimum atomic E-state index is 0.204. The van der Waals surface area contributed by atoms with Crippen molar-refractivity contribution in [3.8, 4) is 0 Å². The largest absolute Gasteiger partial charge is 0.370 e. The highest BCUT2D eigenvalue weighted by Crippen LogP contribution is 2.28. The van der Waals surface area contributed by atoms with E-state index in [0.29, 0.717) is 12.0 Å². The van der Waals surface area contributed by atoms with Crippen molar-refractivity contribution in [3.63, 3.8) is 0 Å². The molecule has 20 heavy (non-hydrogen) atoms. The van der Waals surface area contributed by atoms with Crippen LogP contribution in [0.1, 0.15) is 60.2 Å². The lowest BCUT2D eigenvalue weighted by molar-refractivity contribution is 0.328. The van der Waals surface area contributed by atoms with Crippen LogP contribution in [0.4, 0.5) is 11.6 Å². The van der Waals surface area contributed by atoms with E-state index in [4.69, 9.17) is 4.98 Å². The molecule has 1 N–H and O–H groups in total. The lowest BCUT2D eigenvalue weighted by Crippen LogP contribution is -2.40. The summed E-state index contributed by atoms with van der Waals surface area (Å²) in [7, 11) is 2.11. The smallest absolute Gasteiger partial charge is 0.135 e. The Morgan fingerprint density at radius 3 is 2.25 bits per heavy atom. The first-order valence-corrected chi connectivity index (χ1v) is 7.52. The van der Waals surface area contributed by atoms with Crippen molar-refractivity contribution >= 4 is 11.6 Å². The Kier molecular flexibility index (Phi) is 5.37. The zero-order valence-electron chi connectivity index (χ0n) is 14.3. The average Bonchev–Trinajstić information content (AvgIpc) is 2.35. The summed E-state index contributed by atoms with van der Waals surface area (Å²) in [5.74, 6) is 3.12.